The van der Waals surface area contributed by atoms with Gasteiger partial charge in [-0.2, -0.15) is 0 Å². The predicted octanol–water partition coefficient (Wildman–Crippen LogP) is 12.5. The first kappa shape index (κ1) is 79.8. The number of benzene rings is 9. The Morgan fingerprint density at radius 2 is 0.788 bits per heavy atom. The largest absolute Gasteiger partial charge is 0.511 e. The monoisotopic (exact) mass is 1440 g/mol. The van der Waals surface area contributed by atoms with Gasteiger partial charge in [0.25, 0.3) is 11.7 Å². The van der Waals surface area contributed by atoms with Crippen LogP contribution in [0.5, 0.6) is 17.2 Å². The molecule has 0 heterocycles. The molecule has 9 aromatic carbocycles. The molecular weight excluding hydrogens is 1360 g/mol. The Kier molecular flexibility index (Phi) is 30.0. The van der Waals surface area contributed by atoms with Gasteiger partial charge in [0, 0.05) is 39.7 Å². The lowest BCUT2D eigenvalue weighted by Gasteiger charge is -2.24. The van der Waals surface area contributed by atoms with E-state index in [1.165, 1.54) is 123 Å². The highest BCUT2D eigenvalue weighted by molar-refractivity contribution is 6.00. The minimum Gasteiger partial charge on any atom is -0.484 e. The van der Waals surface area contributed by atoms with Gasteiger partial charge in [0.1, 0.15) is 77.1 Å². The van der Waals surface area contributed by atoms with Crippen LogP contribution >= 0.6 is 0 Å². The van der Waals surface area contributed by atoms with Crippen LogP contribution in [0.2, 0.25) is 0 Å². The summed E-state index contributed by atoms with van der Waals surface area (Å²) >= 11 is 0. The number of rotatable bonds is 30. The van der Waals surface area contributed by atoms with E-state index in [0.717, 1.165) is 6.07 Å². The minimum atomic E-state index is -1.70. The van der Waals surface area contributed by atoms with Crippen molar-refractivity contribution in [1.82, 2.24) is 5.32 Å². The van der Waals surface area contributed by atoms with Crippen LogP contribution in [0.4, 0.5) is 31.1 Å². The second-order valence-corrected chi connectivity index (χ2v) is 23.3. The van der Waals surface area contributed by atoms with Gasteiger partial charge in [-0.05, 0) is 173 Å². The molecule has 3 unspecified atom stereocenters. The SMILES string of the molecule is CCNC(=O)COc1cccc(CC(=O)c2cc(-c3cccc(F)c3)ccc2F)c1.CCOC(=O)OC(C)(C)OC(=O)COc1cccc(CC(=O)c2cc(-c3cccc(F)c3)ccc2F)c1.O=C(COc1cccc(CC(=O)c2cc(-c3cccc(F)c3)ccc2F)c1)OCC(O)C(O)C(O)CO. The van der Waals surface area contributed by atoms with Gasteiger partial charge in [-0.3, -0.25) is 19.2 Å². The number of likely N-dealkylation sites (N-methyl/N-ethyl adjacent to an activating group) is 1. The molecule has 1 amide bonds. The number of halogens is 6. The molecule has 0 fully saturated rings. The van der Waals surface area contributed by atoms with Crippen molar-refractivity contribution >= 4 is 41.4 Å². The van der Waals surface area contributed by atoms with Crippen molar-refractivity contribution in [2.45, 2.75) is 71.1 Å². The van der Waals surface area contributed by atoms with E-state index in [1.807, 2.05) is 6.92 Å². The van der Waals surface area contributed by atoms with E-state index in [2.05, 4.69) is 10.1 Å². The average molecular weight is 1440 g/mol. The fourth-order valence-electron chi connectivity index (χ4n) is 9.87. The standard InChI is InChI=1S/C28H26F2O7.C27H26F2O8.C24H21F2NO3/c1-4-34-27(33)37-28(2,3)36-26(32)17-35-22-10-5-7-18(13-22)14-25(31)23-16-20(11-12-24(23)30)19-8-6-9-21(29)15-19;28-19-5-2-4-17(11-19)18-7-8-22(29)21(12-18)23(31)10-16-3-1-6-20(9-16)36-15-26(34)37-14-25(33)27(35)24(32)13-30;1-2-27-24(29)15-30-20-8-3-5-16(11-20)12-23(28)21-14-18(9-10-22(21)26)17-6-4-7-19(25)13-17/h5-13,15-16H,4,14,17H2,1-3H3;1-9,11-12,24-25,27,30,32-33,35H,10,13-15H2;3-11,13-14H,2,12,15H2,1H3,(H,27,29). The van der Waals surface area contributed by atoms with Crippen LogP contribution in [0.15, 0.2) is 200 Å². The number of aliphatic hydroxyl groups is 4. The van der Waals surface area contributed by atoms with Crippen molar-refractivity contribution in [3.8, 4) is 50.6 Å². The first-order valence-corrected chi connectivity index (χ1v) is 32.3. The zero-order chi connectivity index (χ0) is 75.5. The van der Waals surface area contributed by atoms with Crippen LogP contribution < -0.4 is 19.5 Å². The normalized spacial score (nSPS) is 11.7. The molecule has 9 rings (SSSR count). The second kappa shape index (κ2) is 39.1. The van der Waals surface area contributed by atoms with Crippen molar-refractivity contribution in [2.75, 3.05) is 46.2 Å². The van der Waals surface area contributed by atoms with Gasteiger partial charge in [0.2, 0.25) is 0 Å². The Morgan fingerprint density at radius 1 is 0.423 bits per heavy atom. The third-order valence-electron chi connectivity index (χ3n) is 14.9. The Morgan fingerprint density at radius 3 is 1.15 bits per heavy atom. The third-order valence-corrected chi connectivity index (χ3v) is 14.9. The van der Waals surface area contributed by atoms with Crippen molar-refractivity contribution in [1.29, 1.82) is 0 Å². The fraction of sp³-hybridized carbons (Fsp3) is 0.228. The smallest absolute Gasteiger partial charge is 0.484 e. The minimum absolute atomic E-state index is 0.0398. The highest BCUT2D eigenvalue weighted by atomic mass is 19.1. The van der Waals surface area contributed by atoms with Crippen LogP contribution in [0.25, 0.3) is 33.4 Å². The van der Waals surface area contributed by atoms with E-state index >= 15 is 0 Å². The van der Waals surface area contributed by atoms with Gasteiger partial charge < -0.3 is 58.9 Å². The van der Waals surface area contributed by atoms with Crippen LogP contribution in [0.1, 0.15) is 75.5 Å². The molecule has 25 heteroatoms. The van der Waals surface area contributed by atoms with Crippen LogP contribution in [-0.2, 0) is 52.6 Å². The molecule has 19 nitrogen and oxygen atoms in total. The number of amides is 1. The van der Waals surface area contributed by atoms with Gasteiger partial charge in [-0.1, -0.05) is 91.0 Å². The molecule has 0 saturated carbocycles. The summed E-state index contributed by atoms with van der Waals surface area (Å²) in [6, 6.07) is 49.0. The van der Waals surface area contributed by atoms with Gasteiger partial charge in [0.15, 0.2) is 37.2 Å². The first-order chi connectivity index (χ1) is 49.7. The van der Waals surface area contributed by atoms with Crippen LogP contribution in [0.3, 0.4) is 0 Å². The van der Waals surface area contributed by atoms with Crippen molar-refractivity contribution in [3.05, 3.63) is 268 Å². The summed E-state index contributed by atoms with van der Waals surface area (Å²) in [6.07, 6.45) is -6.22. The topological polar surface area (TPSA) is 277 Å². The van der Waals surface area contributed by atoms with Gasteiger partial charge >= 0.3 is 18.1 Å². The molecule has 5 N–H and O–H groups in total. The molecule has 0 bridgehead atoms. The number of aliphatic hydroxyl groups excluding tert-OH is 4. The number of hydrogen-bond acceptors (Lipinski definition) is 18. The van der Waals surface area contributed by atoms with Crippen LogP contribution in [0, 0.1) is 34.9 Å². The molecule has 9 aromatic rings. The van der Waals surface area contributed by atoms with Gasteiger partial charge in [0.05, 0.1) is 29.9 Å². The van der Waals surface area contributed by atoms with Crippen molar-refractivity contribution < 1.29 is 113 Å². The molecule has 0 aliphatic carbocycles. The number of ketones is 3. The molecule has 544 valence electrons. The van der Waals surface area contributed by atoms with E-state index < -0.39 is 121 Å². The molecular formula is C79H73F6NO18. The summed E-state index contributed by atoms with van der Waals surface area (Å²) in [5.74, 6) is -7.26. The quantitative estimate of drug-likeness (QED) is 0.00920. The van der Waals surface area contributed by atoms with E-state index in [1.54, 1.807) is 91.9 Å². The van der Waals surface area contributed by atoms with E-state index in [0.29, 0.717) is 62.4 Å². The van der Waals surface area contributed by atoms with E-state index in [-0.39, 0.29) is 66.6 Å². The number of esters is 2. The molecule has 0 aliphatic rings. The van der Waals surface area contributed by atoms with E-state index in [9.17, 15) is 75.2 Å². The summed E-state index contributed by atoms with van der Waals surface area (Å²) in [4.78, 5) is 85.4. The molecule has 0 radical (unpaired) electrons. The van der Waals surface area contributed by atoms with Crippen LogP contribution in [-0.4, -0.2) is 132 Å². The fourth-order valence-corrected chi connectivity index (χ4v) is 9.87. The van der Waals surface area contributed by atoms with Gasteiger partial charge in [-0.15, -0.1) is 0 Å². The lowest BCUT2D eigenvalue weighted by Crippen LogP contribution is -2.42. The number of nitrogens with one attached hydrogen (secondary N) is 1. The Hall–Kier alpha value is -11.5. The summed E-state index contributed by atoms with van der Waals surface area (Å²) in [5.41, 5.74) is 4.44. The maximum atomic E-state index is 14.5. The Balaban J connectivity index is 0.000000220. The Labute approximate surface area is 594 Å². The summed E-state index contributed by atoms with van der Waals surface area (Å²) in [5, 5.41) is 39.9. The number of ether oxygens (including phenoxy) is 7. The molecule has 0 saturated heterocycles. The third kappa shape index (κ3) is 25.2. The highest BCUT2D eigenvalue weighted by Crippen LogP contribution is 2.29. The zero-order valence-electron chi connectivity index (χ0n) is 56.6. The Bertz CT molecular complexity index is 4470. The summed E-state index contributed by atoms with van der Waals surface area (Å²) in [7, 11) is 0. The maximum absolute atomic E-state index is 14.5. The van der Waals surface area contributed by atoms with E-state index in [4.69, 9.17) is 33.5 Å². The zero-order valence-corrected chi connectivity index (χ0v) is 56.6. The number of hydrogen-bond donors (Lipinski definition) is 5. The predicted molar refractivity (Wildman–Crippen MR) is 368 cm³/mol. The number of carbonyl (C=O) groups is 7. The molecule has 0 aliphatic heterocycles. The summed E-state index contributed by atoms with van der Waals surface area (Å²) < 4.78 is 119. The maximum Gasteiger partial charge on any atom is 0.511 e. The van der Waals surface area contributed by atoms with Crippen molar-refractivity contribution in [3.63, 3.8) is 0 Å². The average Bonchev–Trinajstić information content (AvgIpc) is 0.827. The lowest BCUT2D eigenvalue weighted by atomic mass is 9.97. The van der Waals surface area contributed by atoms with Gasteiger partial charge in [-0.25, -0.2) is 40.7 Å². The molecule has 0 spiro atoms. The number of Topliss-reactive ketones (excluding diaryl/α,β-unsaturated/α-hetero) is 3. The van der Waals surface area contributed by atoms with Crippen molar-refractivity contribution in [2.24, 2.45) is 0 Å². The molecule has 3 atom stereocenters. The number of carbonyl (C=O) groups excluding carboxylic acids is 7. The lowest BCUT2D eigenvalue weighted by molar-refractivity contribution is -0.202. The summed E-state index contributed by atoms with van der Waals surface area (Å²) in [6.45, 7) is 4.21. The highest BCUT2D eigenvalue weighted by Gasteiger charge is 2.29. The molecule has 104 heavy (non-hydrogen) atoms. The molecule has 0 aromatic heterocycles. The first-order valence-electron chi connectivity index (χ1n) is 32.3. The second-order valence-electron chi connectivity index (χ2n) is 23.3.